The van der Waals surface area contributed by atoms with Crippen LogP contribution in [0.25, 0.3) is 0 Å². The molecule has 0 radical (unpaired) electrons. The molecule has 0 saturated heterocycles. The summed E-state index contributed by atoms with van der Waals surface area (Å²) < 4.78 is 0. The van der Waals surface area contributed by atoms with Crippen LogP contribution < -0.4 is 5.73 Å². The van der Waals surface area contributed by atoms with E-state index in [4.69, 9.17) is 22.7 Å². The molecule has 0 aliphatic heterocycles. The molecule has 0 fully saturated rings. The van der Waals surface area contributed by atoms with Crippen LogP contribution in [-0.4, -0.2) is 24.3 Å². The van der Waals surface area contributed by atoms with E-state index in [1.54, 1.807) is 0 Å². The molecule has 1 aromatic carbocycles. The van der Waals surface area contributed by atoms with Gasteiger partial charge >= 0.3 is 0 Å². The third kappa shape index (κ3) is 3.83. The molecule has 0 bridgehead atoms. The standard InChI is InChI=1S/C12H18ClN3/c1-9(16(2)8-7-12(14)15)10-3-5-11(13)6-4-10/h3-6,9H,7-8H2,1-2H3,(H3,14,15). The third-order valence-electron chi connectivity index (χ3n) is 2.75. The number of nitrogens with zero attached hydrogens (tertiary/aromatic N) is 1. The number of hydrogen-bond acceptors (Lipinski definition) is 2. The van der Waals surface area contributed by atoms with Crippen molar-refractivity contribution in [1.82, 2.24) is 4.90 Å². The largest absolute Gasteiger partial charge is 0.388 e. The van der Waals surface area contributed by atoms with Crippen molar-refractivity contribution in [3.05, 3.63) is 34.9 Å². The third-order valence-corrected chi connectivity index (χ3v) is 3.00. The highest BCUT2D eigenvalue weighted by molar-refractivity contribution is 6.30. The quantitative estimate of drug-likeness (QED) is 0.613. The van der Waals surface area contributed by atoms with Crippen LogP contribution in [-0.2, 0) is 0 Å². The van der Waals surface area contributed by atoms with Gasteiger partial charge in [0, 0.05) is 24.0 Å². The molecule has 3 N–H and O–H groups in total. The minimum Gasteiger partial charge on any atom is -0.388 e. The smallest absolute Gasteiger partial charge is 0.0918 e. The summed E-state index contributed by atoms with van der Waals surface area (Å²) in [6.45, 7) is 2.92. The molecule has 1 rings (SSSR count). The van der Waals surface area contributed by atoms with E-state index in [0.717, 1.165) is 11.6 Å². The number of amidine groups is 1. The fraction of sp³-hybridized carbons (Fsp3) is 0.417. The van der Waals surface area contributed by atoms with Crippen LogP contribution in [0.1, 0.15) is 24.9 Å². The SMILES string of the molecule is CC(c1ccc(Cl)cc1)N(C)CCC(=N)N. The van der Waals surface area contributed by atoms with Crippen molar-refractivity contribution in [2.75, 3.05) is 13.6 Å². The molecule has 0 amide bonds. The Hall–Kier alpha value is -1.06. The molecule has 3 nitrogen and oxygen atoms in total. The summed E-state index contributed by atoms with van der Waals surface area (Å²) in [5.41, 5.74) is 6.56. The van der Waals surface area contributed by atoms with E-state index in [2.05, 4.69) is 11.8 Å². The molecule has 0 aromatic heterocycles. The summed E-state index contributed by atoms with van der Waals surface area (Å²) in [7, 11) is 2.03. The first-order chi connectivity index (χ1) is 7.50. The van der Waals surface area contributed by atoms with Crippen LogP contribution in [0.5, 0.6) is 0 Å². The van der Waals surface area contributed by atoms with Gasteiger partial charge in [-0.2, -0.15) is 0 Å². The van der Waals surface area contributed by atoms with Crippen LogP contribution in [0.15, 0.2) is 24.3 Å². The zero-order valence-electron chi connectivity index (χ0n) is 9.70. The summed E-state index contributed by atoms with van der Waals surface area (Å²) in [5, 5.41) is 7.95. The van der Waals surface area contributed by atoms with Gasteiger partial charge in [0.2, 0.25) is 0 Å². The Bertz CT molecular complexity index is 348. The highest BCUT2D eigenvalue weighted by Crippen LogP contribution is 2.20. The lowest BCUT2D eigenvalue weighted by molar-refractivity contribution is 0.269. The summed E-state index contributed by atoms with van der Waals surface area (Å²) in [4.78, 5) is 2.17. The fourth-order valence-corrected chi connectivity index (χ4v) is 1.61. The van der Waals surface area contributed by atoms with Gasteiger partial charge < -0.3 is 5.73 Å². The molecular weight excluding hydrogens is 222 g/mol. The van der Waals surface area contributed by atoms with E-state index in [9.17, 15) is 0 Å². The van der Waals surface area contributed by atoms with Crippen molar-refractivity contribution in [3.63, 3.8) is 0 Å². The Kier molecular flexibility index (Phi) is 4.77. The average Bonchev–Trinajstić information content (AvgIpc) is 2.26. The number of benzene rings is 1. The van der Waals surface area contributed by atoms with Crippen LogP contribution in [0.2, 0.25) is 5.02 Å². The molecule has 1 atom stereocenters. The Labute approximate surface area is 102 Å². The van der Waals surface area contributed by atoms with E-state index < -0.39 is 0 Å². The highest BCUT2D eigenvalue weighted by atomic mass is 35.5. The van der Waals surface area contributed by atoms with E-state index >= 15 is 0 Å². The fourth-order valence-electron chi connectivity index (χ4n) is 1.49. The molecule has 0 heterocycles. The second-order valence-electron chi connectivity index (χ2n) is 3.98. The van der Waals surface area contributed by atoms with Crippen LogP contribution in [0.3, 0.4) is 0 Å². The van der Waals surface area contributed by atoms with Gasteiger partial charge in [0.25, 0.3) is 0 Å². The number of nitrogens with one attached hydrogen (secondary N) is 1. The van der Waals surface area contributed by atoms with Crippen molar-refractivity contribution in [3.8, 4) is 0 Å². The molecule has 1 aromatic rings. The van der Waals surface area contributed by atoms with Gasteiger partial charge in [0.15, 0.2) is 0 Å². The lowest BCUT2D eigenvalue weighted by Crippen LogP contribution is -2.26. The van der Waals surface area contributed by atoms with Crippen LogP contribution >= 0.6 is 11.6 Å². The van der Waals surface area contributed by atoms with E-state index in [-0.39, 0.29) is 5.84 Å². The van der Waals surface area contributed by atoms with Crippen molar-refractivity contribution in [1.29, 1.82) is 5.41 Å². The normalized spacial score (nSPS) is 12.8. The maximum absolute atomic E-state index is 7.20. The van der Waals surface area contributed by atoms with Gasteiger partial charge in [-0.05, 0) is 31.7 Å². The molecule has 16 heavy (non-hydrogen) atoms. The van der Waals surface area contributed by atoms with Crippen molar-refractivity contribution in [2.24, 2.45) is 5.73 Å². The number of halogens is 1. The first-order valence-corrected chi connectivity index (χ1v) is 5.67. The second-order valence-corrected chi connectivity index (χ2v) is 4.42. The molecule has 1 unspecified atom stereocenters. The number of rotatable bonds is 5. The van der Waals surface area contributed by atoms with E-state index in [1.165, 1.54) is 5.56 Å². The Morgan fingerprint density at radius 3 is 2.50 bits per heavy atom. The average molecular weight is 240 g/mol. The molecule has 88 valence electrons. The predicted octanol–water partition coefficient (Wildman–Crippen LogP) is 2.66. The lowest BCUT2D eigenvalue weighted by Gasteiger charge is -2.24. The maximum Gasteiger partial charge on any atom is 0.0918 e. The predicted molar refractivity (Wildman–Crippen MR) is 69.0 cm³/mol. The van der Waals surface area contributed by atoms with Crippen LogP contribution in [0, 0.1) is 5.41 Å². The van der Waals surface area contributed by atoms with E-state index in [0.29, 0.717) is 12.5 Å². The highest BCUT2D eigenvalue weighted by Gasteiger charge is 2.11. The summed E-state index contributed by atoms with van der Waals surface area (Å²) in [5.74, 6) is 0.232. The van der Waals surface area contributed by atoms with Crippen molar-refractivity contribution < 1.29 is 0 Å². The Balaban J connectivity index is 2.59. The molecule has 0 spiro atoms. The first kappa shape index (κ1) is 13.0. The zero-order valence-corrected chi connectivity index (χ0v) is 10.5. The summed E-state index contributed by atoms with van der Waals surface area (Å²) in [6.07, 6.45) is 0.606. The number of nitrogens with two attached hydrogens (primary N) is 1. The van der Waals surface area contributed by atoms with Gasteiger partial charge in [-0.25, -0.2) is 0 Å². The minimum atomic E-state index is 0.232. The first-order valence-electron chi connectivity index (χ1n) is 5.29. The molecular formula is C12H18ClN3. The van der Waals surface area contributed by atoms with E-state index in [1.807, 2.05) is 31.3 Å². The van der Waals surface area contributed by atoms with Crippen molar-refractivity contribution >= 4 is 17.4 Å². The molecule has 4 heteroatoms. The summed E-state index contributed by atoms with van der Waals surface area (Å²) >= 11 is 5.84. The topological polar surface area (TPSA) is 53.1 Å². The second kappa shape index (κ2) is 5.87. The lowest BCUT2D eigenvalue weighted by atomic mass is 10.1. The minimum absolute atomic E-state index is 0.232. The van der Waals surface area contributed by atoms with Gasteiger partial charge in [0.1, 0.15) is 0 Å². The Morgan fingerprint density at radius 2 is 2.00 bits per heavy atom. The van der Waals surface area contributed by atoms with Gasteiger partial charge in [-0.15, -0.1) is 0 Å². The Morgan fingerprint density at radius 1 is 1.44 bits per heavy atom. The zero-order chi connectivity index (χ0) is 12.1. The van der Waals surface area contributed by atoms with Gasteiger partial charge in [0.05, 0.1) is 5.84 Å². The summed E-state index contributed by atoms with van der Waals surface area (Å²) in [6, 6.07) is 8.14. The molecule has 0 aliphatic carbocycles. The monoisotopic (exact) mass is 239 g/mol. The molecule has 0 saturated carbocycles. The van der Waals surface area contributed by atoms with Gasteiger partial charge in [-0.3, -0.25) is 10.3 Å². The van der Waals surface area contributed by atoms with Crippen molar-refractivity contribution in [2.45, 2.75) is 19.4 Å². The number of hydrogen-bond donors (Lipinski definition) is 2. The van der Waals surface area contributed by atoms with Gasteiger partial charge in [-0.1, -0.05) is 23.7 Å². The maximum atomic E-state index is 7.20. The molecule has 0 aliphatic rings. The van der Waals surface area contributed by atoms with Crippen LogP contribution in [0.4, 0.5) is 0 Å².